The fraction of sp³-hybridized carbons (Fsp3) is 0.571. The maximum Gasteiger partial charge on any atom is 0.243 e. The molecule has 1 fully saturated rings. The van der Waals surface area contributed by atoms with Crippen molar-refractivity contribution >= 4 is 10.0 Å². The fourth-order valence-electron chi connectivity index (χ4n) is 2.28. The molecule has 0 bridgehead atoms. The molecule has 118 valence electrons. The Morgan fingerprint density at radius 2 is 2.00 bits per heavy atom. The first-order valence-corrected chi connectivity index (χ1v) is 8.30. The summed E-state index contributed by atoms with van der Waals surface area (Å²) >= 11 is 0. The number of methoxy groups -OCH3 is 2. The van der Waals surface area contributed by atoms with E-state index in [0.29, 0.717) is 31.2 Å². The number of rotatable bonds is 5. The zero-order valence-electron chi connectivity index (χ0n) is 12.5. The minimum Gasteiger partial charge on any atom is -0.493 e. The molecule has 1 atom stereocenters. The van der Waals surface area contributed by atoms with Crippen molar-refractivity contribution in [2.45, 2.75) is 24.3 Å². The van der Waals surface area contributed by atoms with Gasteiger partial charge in [-0.2, -0.15) is 4.31 Å². The summed E-state index contributed by atoms with van der Waals surface area (Å²) in [7, 11) is -0.549. The Morgan fingerprint density at radius 3 is 2.62 bits per heavy atom. The second kappa shape index (κ2) is 6.64. The van der Waals surface area contributed by atoms with Gasteiger partial charge in [0.05, 0.1) is 31.8 Å². The van der Waals surface area contributed by atoms with Gasteiger partial charge < -0.3 is 14.2 Å². The zero-order valence-corrected chi connectivity index (χ0v) is 13.4. The molecule has 0 unspecified atom stereocenters. The van der Waals surface area contributed by atoms with Crippen molar-refractivity contribution in [3.8, 4) is 11.5 Å². The molecule has 7 heteroatoms. The van der Waals surface area contributed by atoms with Crippen LogP contribution in [0.3, 0.4) is 0 Å². The SMILES string of the molecule is CC[C@H]1CN(S(=O)(=O)c2ccc(OC)c(OC)c2)CCO1. The van der Waals surface area contributed by atoms with Crippen molar-refractivity contribution in [3.63, 3.8) is 0 Å². The zero-order chi connectivity index (χ0) is 15.5. The number of ether oxygens (including phenoxy) is 3. The molecule has 21 heavy (non-hydrogen) atoms. The molecule has 0 aromatic heterocycles. The molecule has 2 rings (SSSR count). The Morgan fingerprint density at radius 1 is 1.29 bits per heavy atom. The largest absolute Gasteiger partial charge is 0.493 e. The van der Waals surface area contributed by atoms with Crippen LogP contribution in [0.15, 0.2) is 23.1 Å². The summed E-state index contributed by atoms with van der Waals surface area (Å²) in [4.78, 5) is 0.205. The van der Waals surface area contributed by atoms with E-state index in [4.69, 9.17) is 14.2 Å². The average molecular weight is 315 g/mol. The van der Waals surface area contributed by atoms with Gasteiger partial charge >= 0.3 is 0 Å². The monoisotopic (exact) mass is 315 g/mol. The highest BCUT2D eigenvalue weighted by atomic mass is 32.2. The topological polar surface area (TPSA) is 65.1 Å². The molecular formula is C14H21NO5S. The molecule has 0 spiro atoms. The molecule has 0 saturated carbocycles. The molecule has 0 amide bonds. The van der Waals surface area contributed by atoms with E-state index in [-0.39, 0.29) is 11.0 Å². The third-order valence-corrected chi connectivity index (χ3v) is 5.41. The van der Waals surface area contributed by atoms with Crippen molar-refractivity contribution in [1.29, 1.82) is 0 Å². The molecule has 1 aromatic rings. The van der Waals surface area contributed by atoms with Gasteiger partial charge in [0.1, 0.15) is 0 Å². The van der Waals surface area contributed by atoms with Crippen LogP contribution in [-0.4, -0.2) is 52.7 Å². The number of sulfonamides is 1. The van der Waals surface area contributed by atoms with Crippen LogP contribution in [0.5, 0.6) is 11.5 Å². The summed E-state index contributed by atoms with van der Waals surface area (Å²) in [5.41, 5.74) is 0. The first-order chi connectivity index (χ1) is 10.0. The summed E-state index contributed by atoms with van der Waals surface area (Å²) in [6.07, 6.45) is 0.742. The van der Waals surface area contributed by atoms with Crippen LogP contribution in [0.2, 0.25) is 0 Å². The second-order valence-corrected chi connectivity index (χ2v) is 6.72. The van der Waals surface area contributed by atoms with Crippen molar-refractivity contribution in [3.05, 3.63) is 18.2 Å². The van der Waals surface area contributed by atoms with Crippen molar-refractivity contribution in [1.82, 2.24) is 4.31 Å². The van der Waals surface area contributed by atoms with Gasteiger partial charge in [-0.05, 0) is 18.6 Å². The Labute approximate surface area is 125 Å². The lowest BCUT2D eigenvalue weighted by Gasteiger charge is -2.31. The smallest absolute Gasteiger partial charge is 0.243 e. The van der Waals surface area contributed by atoms with Crippen LogP contribution in [0.1, 0.15) is 13.3 Å². The van der Waals surface area contributed by atoms with Gasteiger partial charge in [0.2, 0.25) is 10.0 Å². The standard InChI is InChI=1S/C14H21NO5S/c1-4-11-10-15(7-8-20-11)21(16,17)12-5-6-13(18-2)14(9-12)19-3/h5-6,9,11H,4,7-8,10H2,1-3H3/t11-/m0/s1. The highest BCUT2D eigenvalue weighted by Crippen LogP contribution is 2.31. The molecule has 0 N–H and O–H groups in total. The molecule has 0 radical (unpaired) electrons. The van der Waals surface area contributed by atoms with E-state index < -0.39 is 10.0 Å². The Bertz CT molecular complexity index is 587. The number of nitrogens with zero attached hydrogens (tertiary/aromatic N) is 1. The summed E-state index contributed by atoms with van der Waals surface area (Å²) in [6, 6.07) is 4.63. The molecule has 1 heterocycles. The van der Waals surface area contributed by atoms with Crippen molar-refractivity contribution in [2.24, 2.45) is 0 Å². The number of benzene rings is 1. The summed E-state index contributed by atoms with van der Waals surface area (Å²) in [5.74, 6) is 0.906. The van der Waals surface area contributed by atoms with Crippen molar-refractivity contribution < 1.29 is 22.6 Å². The van der Waals surface area contributed by atoms with E-state index in [1.165, 1.54) is 30.7 Å². The van der Waals surface area contributed by atoms with E-state index in [0.717, 1.165) is 6.42 Å². The maximum atomic E-state index is 12.7. The molecule has 1 aromatic carbocycles. The predicted molar refractivity (Wildman–Crippen MR) is 78.3 cm³/mol. The quantitative estimate of drug-likeness (QED) is 0.824. The van der Waals surface area contributed by atoms with Gasteiger partial charge in [0, 0.05) is 19.2 Å². The normalized spacial score (nSPS) is 20.2. The Hall–Kier alpha value is -1.31. The van der Waals surface area contributed by atoms with Crippen LogP contribution in [0.4, 0.5) is 0 Å². The summed E-state index contributed by atoms with van der Waals surface area (Å²) in [6.45, 7) is 3.16. The van der Waals surface area contributed by atoms with E-state index in [2.05, 4.69) is 0 Å². The maximum absolute atomic E-state index is 12.7. The summed E-state index contributed by atoms with van der Waals surface area (Å²) in [5, 5.41) is 0. The van der Waals surface area contributed by atoms with Gasteiger partial charge in [0.25, 0.3) is 0 Å². The Kier molecular flexibility index (Phi) is 5.08. The Balaban J connectivity index is 2.30. The molecule has 1 saturated heterocycles. The highest BCUT2D eigenvalue weighted by Gasteiger charge is 2.30. The van der Waals surface area contributed by atoms with Crippen LogP contribution in [0.25, 0.3) is 0 Å². The van der Waals surface area contributed by atoms with E-state index in [1.54, 1.807) is 6.07 Å². The minimum absolute atomic E-state index is 0.0475. The lowest BCUT2D eigenvalue weighted by atomic mass is 10.2. The highest BCUT2D eigenvalue weighted by molar-refractivity contribution is 7.89. The van der Waals surface area contributed by atoms with Gasteiger partial charge in [-0.25, -0.2) is 8.42 Å². The number of morpholine rings is 1. The average Bonchev–Trinajstić information content (AvgIpc) is 2.54. The molecule has 1 aliphatic rings. The van der Waals surface area contributed by atoms with Gasteiger partial charge in [0.15, 0.2) is 11.5 Å². The van der Waals surface area contributed by atoms with Crippen LogP contribution >= 0.6 is 0 Å². The van der Waals surface area contributed by atoms with Crippen LogP contribution in [-0.2, 0) is 14.8 Å². The second-order valence-electron chi connectivity index (χ2n) is 4.78. The third-order valence-electron chi connectivity index (χ3n) is 3.55. The van der Waals surface area contributed by atoms with Crippen LogP contribution in [0, 0.1) is 0 Å². The van der Waals surface area contributed by atoms with Gasteiger partial charge in [-0.3, -0.25) is 0 Å². The van der Waals surface area contributed by atoms with Gasteiger partial charge in [-0.1, -0.05) is 6.92 Å². The lowest BCUT2D eigenvalue weighted by Crippen LogP contribution is -2.45. The van der Waals surface area contributed by atoms with Gasteiger partial charge in [-0.15, -0.1) is 0 Å². The third kappa shape index (κ3) is 3.30. The molecule has 0 aliphatic carbocycles. The lowest BCUT2D eigenvalue weighted by molar-refractivity contribution is -0.00278. The predicted octanol–water partition coefficient (Wildman–Crippen LogP) is 1.50. The molecule has 1 aliphatic heterocycles. The molecular weight excluding hydrogens is 294 g/mol. The van der Waals surface area contributed by atoms with E-state index >= 15 is 0 Å². The van der Waals surface area contributed by atoms with E-state index in [9.17, 15) is 8.42 Å². The van der Waals surface area contributed by atoms with Crippen molar-refractivity contribution in [2.75, 3.05) is 33.9 Å². The number of hydrogen-bond donors (Lipinski definition) is 0. The fourth-order valence-corrected chi connectivity index (χ4v) is 3.76. The minimum atomic E-state index is -3.54. The summed E-state index contributed by atoms with van der Waals surface area (Å²) < 4.78 is 42.7. The number of hydrogen-bond acceptors (Lipinski definition) is 5. The molecule has 6 nitrogen and oxygen atoms in total. The van der Waals surface area contributed by atoms with Crippen LogP contribution < -0.4 is 9.47 Å². The van der Waals surface area contributed by atoms with E-state index in [1.807, 2.05) is 6.92 Å². The first kappa shape index (κ1) is 16.1. The first-order valence-electron chi connectivity index (χ1n) is 6.86.